The number of hydrazine groups is 1. The van der Waals surface area contributed by atoms with E-state index in [0.717, 1.165) is 0 Å². The molecule has 1 saturated heterocycles. The molecule has 2 N–H and O–H groups in total. The first-order valence-electron chi connectivity index (χ1n) is 4.32. The average molecular weight is 185 g/mol. The Balaban J connectivity index is 2.46. The number of likely N-dealkylation sites (N-methyl/N-ethyl adjacent to an activating group) is 1. The van der Waals surface area contributed by atoms with Crippen LogP contribution in [0.25, 0.3) is 0 Å². The number of carbonyl (C=O) groups is 2. The molecule has 0 aromatic carbocycles. The van der Waals surface area contributed by atoms with Crippen LogP contribution in [-0.2, 0) is 9.59 Å². The summed E-state index contributed by atoms with van der Waals surface area (Å²) in [7, 11) is 1.76. The molecular weight excluding hydrogens is 170 g/mol. The van der Waals surface area contributed by atoms with Crippen LogP contribution >= 0.6 is 0 Å². The molecule has 1 aliphatic rings. The van der Waals surface area contributed by atoms with Crippen molar-refractivity contribution in [2.45, 2.75) is 19.9 Å². The Kier molecular flexibility index (Phi) is 2.87. The monoisotopic (exact) mass is 185 g/mol. The molecule has 1 atom stereocenters. The highest BCUT2D eigenvalue weighted by molar-refractivity contribution is 5.89. The molecule has 1 rings (SSSR count). The minimum Gasteiger partial charge on any atom is -0.343 e. The molecule has 2 amide bonds. The van der Waals surface area contributed by atoms with E-state index >= 15 is 0 Å². The number of nitrogens with zero attached hydrogens (tertiary/aromatic N) is 1. The largest absolute Gasteiger partial charge is 0.343 e. The zero-order valence-electron chi connectivity index (χ0n) is 8.13. The van der Waals surface area contributed by atoms with E-state index in [2.05, 4.69) is 10.7 Å². The van der Waals surface area contributed by atoms with Gasteiger partial charge in [0.1, 0.15) is 6.04 Å². The smallest absolute Gasteiger partial charge is 0.258 e. The second kappa shape index (κ2) is 3.74. The third-order valence-electron chi connectivity index (χ3n) is 1.91. The van der Waals surface area contributed by atoms with Crippen molar-refractivity contribution >= 4 is 11.8 Å². The summed E-state index contributed by atoms with van der Waals surface area (Å²) >= 11 is 0. The van der Waals surface area contributed by atoms with Crippen LogP contribution < -0.4 is 10.7 Å². The molecule has 0 aromatic heterocycles. The maximum Gasteiger partial charge on any atom is 0.258 e. The van der Waals surface area contributed by atoms with Gasteiger partial charge in [-0.1, -0.05) is 13.8 Å². The minimum atomic E-state index is -0.403. The Morgan fingerprint density at radius 2 is 2.31 bits per heavy atom. The van der Waals surface area contributed by atoms with Gasteiger partial charge in [-0.3, -0.25) is 15.0 Å². The summed E-state index contributed by atoms with van der Waals surface area (Å²) in [5.74, 6) is -0.314. The van der Waals surface area contributed by atoms with Crippen LogP contribution in [-0.4, -0.2) is 36.5 Å². The predicted octanol–water partition coefficient (Wildman–Crippen LogP) is -0.896. The lowest BCUT2D eigenvalue weighted by molar-refractivity contribution is -0.129. The van der Waals surface area contributed by atoms with Crippen molar-refractivity contribution in [2.75, 3.05) is 13.6 Å². The Morgan fingerprint density at radius 1 is 1.69 bits per heavy atom. The summed E-state index contributed by atoms with van der Waals surface area (Å²) in [6.07, 6.45) is 0. The van der Waals surface area contributed by atoms with E-state index < -0.39 is 6.04 Å². The van der Waals surface area contributed by atoms with E-state index in [1.807, 2.05) is 0 Å². The van der Waals surface area contributed by atoms with Gasteiger partial charge in [0.05, 0.1) is 0 Å². The van der Waals surface area contributed by atoms with Gasteiger partial charge >= 0.3 is 0 Å². The molecule has 1 fully saturated rings. The number of hydrogen-bond donors (Lipinski definition) is 2. The lowest BCUT2D eigenvalue weighted by Gasteiger charge is -2.11. The number of amides is 2. The molecule has 0 aromatic rings. The molecule has 1 unspecified atom stereocenters. The van der Waals surface area contributed by atoms with Gasteiger partial charge in [0.25, 0.3) is 5.91 Å². The summed E-state index contributed by atoms with van der Waals surface area (Å²) < 4.78 is 0. The maximum atomic E-state index is 11.2. The molecular formula is C8H15N3O2. The summed E-state index contributed by atoms with van der Waals surface area (Å²) in [4.78, 5) is 22.4. The number of nitrogens with one attached hydrogen (secondary N) is 2. The molecule has 0 saturated carbocycles. The fraction of sp³-hybridized carbons (Fsp3) is 0.750. The molecule has 5 heteroatoms. The van der Waals surface area contributed by atoms with Gasteiger partial charge < -0.3 is 5.32 Å². The lowest BCUT2D eigenvalue weighted by Crippen LogP contribution is -2.43. The van der Waals surface area contributed by atoms with E-state index in [-0.39, 0.29) is 17.7 Å². The van der Waals surface area contributed by atoms with Crippen LogP contribution in [0.5, 0.6) is 0 Å². The molecule has 0 radical (unpaired) electrons. The standard InChI is InChI=1S/C8H15N3O2/c1-5(2)7(12)9-6-4-11(3)10-8(6)13/h5-6H,4H2,1-3H3,(H,9,12)(H,10,13). The average Bonchev–Trinajstić information content (AvgIpc) is 2.30. The molecule has 5 nitrogen and oxygen atoms in total. The van der Waals surface area contributed by atoms with Crippen molar-refractivity contribution in [3.8, 4) is 0 Å². The van der Waals surface area contributed by atoms with E-state index in [1.54, 1.807) is 25.9 Å². The topological polar surface area (TPSA) is 61.4 Å². The van der Waals surface area contributed by atoms with Crippen molar-refractivity contribution in [2.24, 2.45) is 5.92 Å². The van der Waals surface area contributed by atoms with Crippen LogP contribution in [0, 0.1) is 5.92 Å². The quantitative estimate of drug-likeness (QED) is 0.586. The molecule has 0 bridgehead atoms. The van der Waals surface area contributed by atoms with Gasteiger partial charge in [0, 0.05) is 19.5 Å². The van der Waals surface area contributed by atoms with Crippen LogP contribution in [0.15, 0.2) is 0 Å². The summed E-state index contributed by atoms with van der Waals surface area (Å²) in [5.41, 5.74) is 2.59. The van der Waals surface area contributed by atoms with Crippen molar-refractivity contribution in [3.63, 3.8) is 0 Å². The van der Waals surface area contributed by atoms with Crippen LogP contribution in [0.4, 0.5) is 0 Å². The van der Waals surface area contributed by atoms with Crippen molar-refractivity contribution in [1.82, 2.24) is 15.8 Å². The molecule has 13 heavy (non-hydrogen) atoms. The zero-order chi connectivity index (χ0) is 10.0. The van der Waals surface area contributed by atoms with Crippen LogP contribution in [0.2, 0.25) is 0 Å². The van der Waals surface area contributed by atoms with Crippen molar-refractivity contribution < 1.29 is 9.59 Å². The van der Waals surface area contributed by atoms with E-state index in [4.69, 9.17) is 0 Å². The first-order chi connectivity index (χ1) is 6.00. The summed E-state index contributed by atoms with van der Waals surface area (Å²) in [5, 5.41) is 4.33. The highest BCUT2D eigenvalue weighted by atomic mass is 16.2. The fourth-order valence-corrected chi connectivity index (χ4v) is 1.12. The highest BCUT2D eigenvalue weighted by Crippen LogP contribution is 1.99. The normalized spacial score (nSPS) is 23.4. The lowest BCUT2D eigenvalue weighted by atomic mass is 10.2. The fourth-order valence-electron chi connectivity index (χ4n) is 1.12. The highest BCUT2D eigenvalue weighted by Gasteiger charge is 2.29. The van der Waals surface area contributed by atoms with Gasteiger partial charge in [0.2, 0.25) is 5.91 Å². The number of rotatable bonds is 2. The van der Waals surface area contributed by atoms with E-state index in [9.17, 15) is 9.59 Å². The maximum absolute atomic E-state index is 11.2. The first kappa shape index (κ1) is 9.98. The Morgan fingerprint density at radius 3 is 2.69 bits per heavy atom. The summed E-state index contributed by atoms with van der Waals surface area (Å²) in [6.45, 7) is 4.12. The minimum absolute atomic E-state index is 0.0845. The first-order valence-corrected chi connectivity index (χ1v) is 4.32. The number of hydrogen-bond acceptors (Lipinski definition) is 3. The van der Waals surface area contributed by atoms with Gasteiger partial charge in [-0.25, -0.2) is 5.01 Å². The molecule has 1 aliphatic heterocycles. The predicted molar refractivity (Wildman–Crippen MR) is 47.5 cm³/mol. The zero-order valence-corrected chi connectivity index (χ0v) is 8.13. The molecule has 1 heterocycles. The second-order valence-corrected chi connectivity index (χ2v) is 3.57. The molecule has 74 valence electrons. The Labute approximate surface area is 77.4 Å². The van der Waals surface area contributed by atoms with E-state index in [0.29, 0.717) is 6.54 Å². The van der Waals surface area contributed by atoms with Crippen molar-refractivity contribution in [1.29, 1.82) is 0 Å². The second-order valence-electron chi connectivity index (χ2n) is 3.57. The summed E-state index contributed by atoms with van der Waals surface area (Å²) in [6, 6.07) is -0.403. The van der Waals surface area contributed by atoms with Crippen LogP contribution in [0.1, 0.15) is 13.8 Å². The van der Waals surface area contributed by atoms with Gasteiger partial charge in [-0.15, -0.1) is 0 Å². The van der Waals surface area contributed by atoms with E-state index in [1.165, 1.54) is 0 Å². The third-order valence-corrected chi connectivity index (χ3v) is 1.91. The Hall–Kier alpha value is -1.10. The van der Waals surface area contributed by atoms with Crippen molar-refractivity contribution in [3.05, 3.63) is 0 Å². The molecule has 0 spiro atoms. The van der Waals surface area contributed by atoms with Crippen LogP contribution in [0.3, 0.4) is 0 Å². The SMILES string of the molecule is CC(C)C(=O)NC1CN(C)NC1=O. The van der Waals surface area contributed by atoms with Gasteiger partial charge in [-0.05, 0) is 0 Å². The number of carbonyl (C=O) groups excluding carboxylic acids is 2. The third kappa shape index (κ3) is 2.42. The van der Waals surface area contributed by atoms with Gasteiger partial charge in [0.15, 0.2) is 0 Å². The molecule has 0 aliphatic carbocycles. The van der Waals surface area contributed by atoms with Gasteiger partial charge in [-0.2, -0.15) is 0 Å². The Bertz CT molecular complexity index is 227.